The molecule has 0 aromatic carbocycles. The number of carbonyl (C=O) groups is 2. The Kier molecular flexibility index (Phi) is 35.3. The van der Waals surface area contributed by atoms with E-state index in [4.69, 9.17) is 68.9 Å². The first kappa shape index (κ1) is 105. The van der Waals surface area contributed by atoms with E-state index in [1.165, 1.54) is 11.2 Å². The molecule has 0 aliphatic heterocycles. The number of hydrogen-bond donors (Lipinski definition) is 15. The molecule has 12 aromatic heterocycles. The Hall–Kier alpha value is -12.5. The second-order valence-electron chi connectivity index (χ2n) is 38.4. The van der Waals surface area contributed by atoms with E-state index in [1.54, 1.807) is 59.8 Å². The highest BCUT2D eigenvalue weighted by Gasteiger charge is 2.29. The number of anilines is 8. The Labute approximate surface area is 740 Å². The SMILES string of the molecule is CC(C)(C)n1cc2cc(COCN)[nH]c2nc1=O.CC(C)(C)n1ccc(N)nc1=O.CC(C)(C)n1cnc2c(=O)[nH]c(N)nc21.CC(C)(C)n1cnc2c(N)nc(NCN)nc21.CC(C)(C)n1cnc2c(N)nc(NCOCN)nc21.CC(C)(C)n1cnc2c(N)ncnc21.Cc1c[n+](C(C)(C)C)c(N)[nH]c1=O.[B]CC(=O)N(CCNC(C)(C)C)CC(=O)C(C)(C)C. The van der Waals surface area contributed by atoms with E-state index >= 15 is 0 Å². The molecule has 0 bridgehead atoms. The summed E-state index contributed by atoms with van der Waals surface area (Å²) >= 11 is 0. The number of rotatable bonds is 15. The van der Waals surface area contributed by atoms with Crippen molar-refractivity contribution in [3.63, 3.8) is 0 Å². The maximum absolute atomic E-state index is 12.0. The predicted octanol–water partition coefficient (Wildman–Crippen LogP) is 5.78. The van der Waals surface area contributed by atoms with E-state index in [2.05, 4.69) is 179 Å². The molecule has 0 spiro atoms. The summed E-state index contributed by atoms with van der Waals surface area (Å²) in [6, 6.07) is 3.53. The zero-order valence-electron chi connectivity index (χ0n) is 79.1. The van der Waals surface area contributed by atoms with Gasteiger partial charge in [0.2, 0.25) is 23.8 Å². The van der Waals surface area contributed by atoms with Crippen LogP contribution in [-0.4, -0.2) is 184 Å². The number of Topliss-reactive ketones (excluding diaryl/α,β-unsaturated/α-hetero) is 1. The zero-order chi connectivity index (χ0) is 96.4. The van der Waals surface area contributed by atoms with Crippen LogP contribution in [0.25, 0.3) is 55.7 Å². The second kappa shape index (κ2) is 42.7. The summed E-state index contributed by atoms with van der Waals surface area (Å²) in [4.78, 5) is 133. The van der Waals surface area contributed by atoms with Crippen molar-refractivity contribution in [1.82, 2.24) is 117 Å². The topological polar surface area (TPSA) is 643 Å². The molecule has 24 N–H and O–H groups in total. The molecule has 12 rings (SSSR count). The van der Waals surface area contributed by atoms with Crippen LogP contribution in [0.2, 0.25) is 6.32 Å². The van der Waals surface area contributed by atoms with Gasteiger partial charge in [-0.3, -0.25) is 39.0 Å². The van der Waals surface area contributed by atoms with Crippen LogP contribution >= 0.6 is 0 Å². The van der Waals surface area contributed by atoms with Crippen molar-refractivity contribution >= 4 is 122 Å². The number of carbonyl (C=O) groups excluding carboxylic acids is 2. The van der Waals surface area contributed by atoms with Gasteiger partial charge in [-0.05, 0) is 192 Å². The second-order valence-corrected chi connectivity index (χ2v) is 38.4. The van der Waals surface area contributed by atoms with Gasteiger partial charge < -0.3 is 99.4 Å². The summed E-state index contributed by atoms with van der Waals surface area (Å²) in [5.74, 6) is 2.56. The minimum Gasteiger partial charge on any atom is -0.383 e. The molecule has 694 valence electrons. The van der Waals surface area contributed by atoms with Gasteiger partial charge >= 0.3 is 22.9 Å². The van der Waals surface area contributed by atoms with Crippen molar-refractivity contribution < 1.29 is 23.6 Å². The van der Waals surface area contributed by atoms with E-state index in [9.17, 15) is 28.8 Å². The number of aromatic nitrogens is 23. The maximum atomic E-state index is 12.0. The van der Waals surface area contributed by atoms with Crippen LogP contribution in [0.15, 0.2) is 81.5 Å². The fraction of sp³-hybridized carbons (Fsp3) is 0.561. The average Bonchev–Trinajstić information content (AvgIpc) is 1.65. The Morgan fingerprint density at radius 2 is 0.984 bits per heavy atom. The number of nitrogens with zero attached hydrogens (tertiary/aromatic N) is 21. The number of nitrogen functional groups attached to an aromatic ring is 6. The lowest BCUT2D eigenvalue weighted by molar-refractivity contribution is -0.743. The highest BCUT2D eigenvalue weighted by atomic mass is 16.5. The van der Waals surface area contributed by atoms with Crippen LogP contribution in [0.4, 0.5) is 47.1 Å². The van der Waals surface area contributed by atoms with Gasteiger partial charge in [-0.15, -0.1) is 0 Å². The third-order valence-electron chi connectivity index (χ3n) is 18.1. The zero-order valence-corrected chi connectivity index (χ0v) is 79.1. The van der Waals surface area contributed by atoms with E-state index in [-0.39, 0.29) is 130 Å². The summed E-state index contributed by atoms with van der Waals surface area (Å²) in [5.41, 5.74) is 54.3. The summed E-state index contributed by atoms with van der Waals surface area (Å²) < 4.78 is 22.8. The molecule has 0 saturated carbocycles. The number of aryl methyl sites for hydroxylation is 1. The lowest BCUT2D eigenvalue weighted by Crippen LogP contribution is -2.54. The summed E-state index contributed by atoms with van der Waals surface area (Å²) in [6.07, 6.45) is 13.4. The number of nitrogens with one attached hydrogen (secondary N) is 6. The largest absolute Gasteiger partial charge is 0.383 e. The fourth-order valence-electron chi connectivity index (χ4n) is 11.3. The number of H-pyrrole nitrogens is 3. The average molecular weight is 1770 g/mol. The molecule has 1 amide bonds. The van der Waals surface area contributed by atoms with Crippen LogP contribution in [-0.2, 0) is 64.4 Å². The van der Waals surface area contributed by atoms with Crippen LogP contribution in [0.3, 0.4) is 0 Å². The standard InChI is InChI=1S/C14H27BN2O2.C12H18N4O2.C11H19N7O.C10H17N7.C9H13N5O.C9H13N5.C9H15N3O.C8H13N3O/c1-13(2,3)11(18)10-17(12(19)9-15)8-7-16-14(4,5)6;1-12(2,3)16-5-8-4-9(6-18-7-13)14-10(8)15-11(16)17;1-11(2,3)18-5-14-7-8(13)16-10(17-9(7)18)15-6-19-4-12;1-10(2,3)17-5-14-6-7(12)15-9(13-4-11)16-8(6)17;1-9(2,3)14-4-11-5-6(14)12-8(10)13-7(5)15;1-9(2,3)14-5-13-6-7(10)11-4-12-8(6)14;1-6-5-12(9(2,3)4)8(10)11-7(6)13;1-8(2,3)11-5-4-6(9)10-7(11)12/h16H,7-10H2,1-6H3;4-5H,6-7,13H2,1-3H3,(H,14,15,17);5H,4,6,12H2,1-3H3,(H3,13,15,16,17);5H,4,11H2,1-3H3,(H3,12,13,15,16);4H,1-3H3,(H3,10,12,13,15);4-5H,1-3H3,(H2,10,11,12);5H,1-4H3,(H2,10,11,13);4-5H,1-3H3,(H2,9,10,12)/p+1. The van der Waals surface area contributed by atoms with Crippen molar-refractivity contribution in [2.75, 3.05) is 91.5 Å². The number of amides is 1. The van der Waals surface area contributed by atoms with Crippen molar-refractivity contribution in [3.8, 4) is 0 Å². The van der Waals surface area contributed by atoms with Gasteiger partial charge in [0.15, 0.2) is 51.3 Å². The molecule has 0 aliphatic rings. The Morgan fingerprint density at radius 3 is 1.43 bits per heavy atom. The number of fused-ring (bicyclic) bond motifs is 5. The van der Waals surface area contributed by atoms with E-state index in [0.717, 1.165) is 16.7 Å². The molecule has 44 nitrogen and oxygen atoms in total. The first-order valence-electron chi connectivity index (χ1n) is 41.0. The minimum absolute atomic E-state index is 0.00846. The summed E-state index contributed by atoms with van der Waals surface area (Å²) in [7, 11) is 5.39. The number of aromatic amines is 3. The molecular weight excluding hydrogens is 1630 g/mol. The molecule has 0 aliphatic carbocycles. The van der Waals surface area contributed by atoms with Crippen LogP contribution in [0, 0.1) is 12.3 Å². The predicted molar refractivity (Wildman–Crippen MR) is 501 cm³/mol. The molecule has 12 aromatic rings. The van der Waals surface area contributed by atoms with E-state index < -0.39 is 5.41 Å². The highest BCUT2D eigenvalue weighted by molar-refractivity contribution is 6.19. The number of ketones is 1. The number of hydrogen-bond acceptors (Lipinski definition) is 33. The van der Waals surface area contributed by atoms with Crippen LogP contribution in [0.5, 0.6) is 0 Å². The Balaban J connectivity index is 0.000000258. The van der Waals surface area contributed by atoms with E-state index in [1.807, 2.05) is 139 Å². The van der Waals surface area contributed by atoms with Crippen LogP contribution in [0.1, 0.15) is 198 Å². The molecule has 12 heterocycles. The van der Waals surface area contributed by atoms with E-state index in [0.29, 0.717) is 105 Å². The molecular formula is C82H136BN36O8+. The third kappa shape index (κ3) is 30.4. The van der Waals surface area contributed by atoms with Crippen molar-refractivity contribution in [1.29, 1.82) is 0 Å². The fourth-order valence-corrected chi connectivity index (χ4v) is 11.3. The van der Waals surface area contributed by atoms with Gasteiger partial charge in [0.1, 0.15) is 41.1 Å². The van der Waals surface area contributed by atoms with Gasteiger partial charge in [-0.2, -0.15) is 34.9 Å². The highest BCUT2D eigenvalue weighted by Crippen LogP contribution is 2.28. The van der Waals surface area contributed by atoms with Gasteiger partial charge in [0, 0.05) is 80.8 Å². The van der Waals surface area contributed by atoms with Crippen molar-refractivity contribution in [2.24, 2.45) is 22.6 Å². The van der Waals surface area contributed by atoms with Gasteiger partial charge in [-0.1, -0.05) is 20.8 Å². The maximum Gasteiger partial charge on any atom is 0.355 e. The summed E-state index contributed by atoms with van der Waals surface area (Å²) in [6.45, 7) is 58.4. The Bertz CT molecular complexity index is 5910. The smallest absolute Gasteiger partial charge is 0.355 e. The minimum atomic E-state index is -0.440. The molecule has 0 unspecified atom stereocenters. The molecule has 0 atom stereocenters. The first-order valence-corrected chi connectivity index (χ1v) is 41.0. The monoisotopic (exact) mass is 1760 g/mol. The lowest BCUT2D eigenvalue weighted by Gasteiger charge is -2.28. The van der Waals surface area contributed by atoms with Gasteiger partial charge in [-0.25, -0.2) is 49.0 Å². The van der Waals surface area contributed by atoms with Crippen LogP contribution < -0.4 is 94.6 Å². The Morgan fingerprint density at radius 1 is 0.520 bits per heavy atom. The number of ether oxygens (including phenoxy) is 2. The van der Waals surface area contributed by atoms with Gasteiger partial charge in [0.05, 0.1) is 83.7 Å². The molecule has 0 saturated heterocycles. The molecule has 0 fully saturated rings. The van der Waals surface area contributed by atoms with Crippen molar-refractivity contribution in [2.45, 2.75) is 251 Å². The first-order chi connectivity index (χ1) is 58.4. The quantitative estimate of drug-likeness (QED) is 0.0250. The van der Waals surface area contributed by atoms with Crippen molar-refractivity contribution in [3.05, 3.63) is 115 Å². The molecule has 45 heteroatoms. The number of imidazole rings is 4. The lowest BCUT2D eigenvalue weighted by atomic mass is 9.90. The third-order valence-corrected chi connectivity index (χ3v) is 18.1. The normalized spacial score (nSPS) is 12.1. The molecule has 2 radical (unpaired) electrons. The van der Waals surface area contributed by atoms with Gasteiger partial charge in [0.25, 0.3) is 5.56 Å². The molecule has 127 heavy (non-hydrogen) atoms. The summed E-state index contributed by atoms with van der Waals surface area (Å²) in [5, 5.41) is 9.93. The number of nitrogens with two attached hydrogens (primary N) is 9.